The maximum atomic E-state index is 12.4. The van der Waals surface area contributed by atoms with Gasteiger partial charge in [-0.2, -0.15) is 9.36 Å². The van der Waals surface area contributed by atoms with Crippen LogP contribution in [0.4, 0.5) is 0 Å². The standard InChI is InChI=1S/C15H10N4O/c1-2-12-8-6-7-11-14(12)19-15(20)18(16-17-19)13-9-4-3-5-10-13/h1,3-11H. The summed E-state index contributed by atoms with van der Waals surface area (Å²) in [5.74, 6) is 2.53. The van der Waals surface area contributed by atoms with Crippen LogP contribution in [-0.4, -0.2) is 19.8 Å². The molecule has 3 rings (SSSR count). The third kappa shape index (κ3) is 1.89. The summed E-state index contributed by atoms with van der Waals surface area (Å²) in [5.41, 5.74) is 1.43. The van der Waals surface area contributed by atoms with Crippen LogP contribution in [0.2, 0.25) is 0 Å². The van der Waals surface area contributed by atoms with Gasteiger partial charge < -0.3 is 0 Å². The van der Waals surface area contributed by atoms with Crippen molar-refractivity contribution in [1.82, 2.24) is 19.8 Å². The minimum absolute atomic E-state index is 0.362. The molecule has 0 saturated heterocycles. The summed E-state index contributed by atoms with van der Waals surface area (Å²) < 4.78 is 2.43. The quantitative estimate of drug-likeness (QED) is 0.656. The van der Waals surface area contributed by atoms with Crippen molar-refractivity contribution in [2.24, 2.45) is 0 Å². The van der Waals surface area contributed by atoms with Crippen LogP contribution in [0.5, 0.6) is 0 Å². The summed E-state index contributed by atoms with van der Waals surface area (Å²) in [7, 11) is 0. The Balaban J connectivity index is 2.17. The minimum Gasteiger partial charge on any atom is -0.243 e. The maximum absolute atomic E-state index is 12.4. The lowest BCUT2D eigenvalue weighted by Crippen LogP contribution is -2.23. The second kappa shape index (κ2) is 4.86. The Kier molecular flexibility index (Phi) is 2.90. The molecule has 0 unspecified atom stereocenters. The van der Waals surface area contributed by atoms with E-state index in [1.54, 1.807) is 30.3 Å². The summed E-state index contributed by atoms with van der Waals surface area (Å²) in [6.07, 6.45) is 5.44. The molecule has 0 radical (unpaired) electrons. The highest BCUT2D eigenvalue weighted by molar-refractivity contribution is 5.49. The van der Waals surface area contributed by atoms with E-state index >= 15 is 0 Å². The smallest absolute Gasteiger partial charge is 0.243 e. The van der Waals surface area contributed by atoms with Crippen molar-refractivity contribution >= 4 is 0 Å². The first-order chi connectivity index (χ1) is 9.81. The van der Waals surface area contributed by atoms with Gasteiger partial charge >= 0.3 is 5.69 Å². The van der Waals surface area contributed by atoms with Crippen LogP contribution in [0.15, 0.2) is 59.4 Å². The molecule has 0 saturated carbocycles. The van der Waals surface area contributed by atoms with Crippen molar-refractivity contribution in [3.8, 4) is 23.7 Å². The predicted molar refractivity (Wildman–Crippen MR) is 74.9 cm³/mol. The third-order valence-electron chi connectivity index (χ3n) is 2.87. The van der Waals surface area contributed by atoms with Crippen molar-refractivity contribution in [3.05, 3.63) is 70.6 Å². The molecular weight excluding hydrogens is 252 g/mol. The third-order valence-corrected chi connectivity index (χ3v) is 2.87. The van der Waals surface area contributed by atoms with E-state index in [1.807, 2.05) is 24.3 Å². The molecule has 0 fully saturated rings. The van der Waals surface area contributed by atoms with Crippen LogP contribution in [0.25, 0.3) is 11.4 Å². The fraction of sp³-hybridized carbons (Fsp3) is 0. The van der Waals surface area contributed by atoms with Crippen molar-refractivity contribution in [2.45, 2.75) is 0 Å². The zero-order chi connectivity index (χ0) is 13.9. The number of tetrazole rings is 1. The molecule has 1 aromatic heterocycles. The highest BCUT2D eigenvalue weighted by atomic mass is 16.2. The fourth-order valence-electron chi connectivity index (χ4n) is 1.91. The summed E-state index contributed by atoms with van der Waals surface area (Å²) in [6.45, 7) is 0. The molecule has 0 bridgehead atoms. The molecule has 0 spiro atoms. The predicted octanol–water partition coefficient (Wildman–Crippen LogP) is 1.40. The first-order valence-corrected chi connectivity index (χ1v) is 5.98. The van der Waals surface area contributed by atoms with E-state index in [0.29, 0.717) is 16.9 Å². The van der Waals surface area contributed by atoms with E-state index in [-0.39, 0.29) is 5.69 Å². The van der Waals surface area contributed by atoms with E-state index in [2.05, 4.69) is 16.3 Å². The van der Waals surface area contributed by atoms with E-state index in [1.165, 1.54) is 9.36 Å². The number of benzene rings is 2. The van der Waals surface area contributed by atoms with Gasteiger partial charge in [-0.25, -0.2) is 4.79 Å². The Bertz CT molecular complexity index is 840. The Labute approximate surface area is 115 Å². The first-order valence-electron chi connectivity index (χ1n) is 5.98. The number of aromatic nitrogens is 4. The highest BCUT2D eigenvalue weighted by Crippen LogP contribution is 2.10. The normalized spacial score (nSPS) is 10.2. The molecule has 20 heavy (non-hydrogen) atoms. The lowest BCUT2D eigenvalue weighted by Gasteiger charge is -2.01. The fourth-order valence-corrected chi connectivity index (χ4v) is 1.91. The minimum atomic E-state index is -0.362. The van der Waals surface area contributed by atoms with Crippen LogP contribution in [0.1, 0.15) is 5.56 Å². The van der Waals surface area contributed by atoms with E-state index in [0.717, 1.165) is 0 Å². The van der Waals surface area contributed by atoms with Gasteiger partial charge in [0, 0.05) is 0 Å². The van der Waals surface area contributed by atoms with Crippen LogP contribution >= 0.6 is 0 Å². The topological polar surface area (TPSA) is 52.7 Å². The van der Waals surface area contributed by atoms with Gasteiger partial charge in [0.1, 0.15) is 0 Å². The molecule has 0 aliphatic rings. The van der Waals surface area contributed by atoms with Gasteiger partial charge in [-0.15, -0.1) is 6.42 Å². The maximum Gasteiger partial charge on any atom is 0.373 e. The molecule has 0 atom stereocenters. The number of para-hydroxylation sites is 2. The number of nitrogens with zero attached hydrogens (tertiary/aromatic N) is 4. The average molecular weight is 262 g/mol. The largest absolute Gasteiger partial charge is 0.373 e. The SMILES string of the molecule is C#Cc1ccccc1-n1nnn(-c2ccccc2)c1=O. The van der Waals surface area contributed by atoms with Crippen LogP contribution in [0.3, 0.4) is 0 Å². The van der Waals surface area contributed by atoms with E-state index in [9.17, 15) is 4.79 Å². The summed E-state index contributed by atoms with van der Waals surface area (Å²) in [4.78, 5) is 12.4. The molecule has 1 heterocycles. The van der Waals surface area contributed by atoms with E-state index < -0.39 is 0 Å². The van der Waals surface area contributed by atoms with Crippen molar-refractivity contribution < 1.29 is 0 Å². The second-order valence-electron chi connectivity index (χ2n) is 4.08. The Hall–Kier alpha value is -3.13. The van der Waals surface area contributed by atoms with Crippen LogP contribution < -0.4 is 5.69 Å². The molecule has 2 aromatic carbocycles. The molecule has 0 amide bonds. The molecule has 0 aliphatic heterocycles. The summed E-state index contributed by atoms with van der Waals surface area (Å²) in [6, 6.07) is 16.2. The highest BCUT2D eigenvalue weighted by Gasteiger charge is 2.12. The molecule has 5 nitrogen and oxygen atoms in total. The van der Waals surface area contributed by atoms with Crippen LogP contribution in [-0.2, 0) is 0 Å². The molecule has 96 valence electrons. The first kappa shape index (κ1) is 11.9. The van der Waals surface area contributed by atoms with Crippen molar-refractivity contribution in [3.63, 3.8) is 0 Å². The second-order valence-corrected chi connectivity index (χ2v) is 4.08. The molecule has 3 aromatic rings. The van der Waals surface area contributed by atoms with Gasteiger partial charge in [0.25, 0.3) is 0 Å². The molecular formula is C15H10N4O. The Morgan fingerprint density at radius 1 is 0.900 bits per heavy atom. The summed E-state index contributed by atoms with van der Waals surface area (Å²) in [5, 5.41) is 7.78. The summed E-state index contributed by atoms with van der Waals surface area (Å²) >= 11 is 0. The number of hydrogen-bond donors (Lipinski definition) is 0. The van der Waals surface area contributed by atoms with Gasteiger partial charge in [-0.05, 0) is 34.7 Å². The molecule has 0 aliphatic carbocycles. The van der Waals surface area contributed by atoms with Gasteiger partial charge in [0.05, 0.1) is 16.9 Å². The molecule has 5 heteroatoms. The van der Waals surface area contributed by atoms with E-state index in [4.69, 9.17) is 6.42 Å². The number of terminal acetylenes is 1. The lowest BCUT2D eigenvalue weighted by atomic mass is 10.2. The van der Waals surface area contributed by atoms with Gasteiger partial charge in [-0.3, -0.25) is 0 Å². The zero-order valence-electron chi connectivity index (χ0n) is 10.5. The molecule has 0 N–H and O–H groups in total. The van der Waals surface area contributed by atoms with Gasteiger partial charge in [0.2, 0.25) is 0 Å². The Morgan fingerprint density at radius 2 is 1.55 bits per heavy atom. The monoisotopic (exact) mass is 262 g/mol. The van der Waals surface area contributed by atoms with Crippen molar-refractivity contribution in [2.75, 3.05) is 0 Å². The average Bonchev–Trinajstić information content (AvgIpc) is 2.89. The lowest BCUT2D eigenvalue weighted by molar-refractivity contribution is 0.755. The van der Waals surface area contributed by atoms with Gasteiger partial charge in [-0.1, -0.05) is 36.3 Å². The van der Waals surface area contributed by atoms with Crippen molar-refractivity contribution in [1.29, 1.82) is 0 Å². The number of rotatable bonds is 2. The zero-order valence-corrected chi connectivity index (χ0v) is 10.5. The Morgan fingerprint density at radius 3 is 2.30 bits per heavy atom. The van der Waals surface area contributed by atoms with Gasteiger partial charge in [0.15, 0.2) is 0 Å². The van der Waals surface area contributed by atoms with Crippen LogP contribution in [0, 0.1) is 12.3 Å². The number of hydrogen-bond acceptors (Lipinski definition) is 3.